The zero-order valence-electron chi connectivity index (χ0n) is 34.8. The number of fused-ring (bicyclic) bond motifs is 2. The van der Waals surface area contributed by atoms with Crippen molar-refractivity contribution >= 4 is 74.5 Å². The van der Waals surface area contributed by atoms with Crippen molar-refractivity contribution in [3.05, 3.63) is 191 Å². The van der Waals surface area contributed by atoms with Crippen molar-refractivity contribution in [3.63, 3.8) is 0 Å². The zero-order valence-corrected chi connectivity index (χ0v) is 36.5. The number of anilines is 6. The summed E-state index contributed by atoms with van der Waals surface area (Å²) in [6.45, 7) is 20.2. The Morgan fingerprint density at radius 1 is 0.456 bits per heavy atom. The van der Waals surface area contributed by atoms with E-state index in [0.29, 0.717) is 5.02 Å². The minimum absolute atomic E-state index is 0.0374. The maximum absolute atomic E-state index is 7.94. The van der Waals surface area contributed by atoms with Crippen molar-refractivity contribution in [2.75, 3.05) is 9.80 Å². The van der Waals surface area contributed by atoms with Crippen LogP contribution in [0.5, 0.6) is 0 Å². The minimum Gasteiger partial charge on any atom is -0.309 e. The molecule has 286 valence electrons. The Kier molecular flexibility index (Phi) is 9.83. The van der Waals surface area contributed by atoms with E-state index in [1.54, 1.807) is 0 Å². The molecule has 57 heavy (non-hydrogen) atoms. The van der Waals surface area contributed by atoms with E-state index < -0.39 is 8.07 Å². The summed E-state index contributed by atoms with van der Waals surface area (Å²) in [5.41, 5.74) is 12.7. The van der Waals surface area contributed by atoms with Gasteiger partial charge >= 0.3 is 0 Å². The fourth-order valence-corrected chi connectivity index (χ4v) is 14.3. The molecule has 0 aliphatic carbocycles. The molecule has 0 bridgehead atoms. The molecule has 0 saturated carbocycles. The number of hydrogen-bond acceptors (Lipinski definition) is 2. The van der Waals surface area contributed by atoms with Crippen LogP contribution in [0.4, 0.5) is 34.1 Å². The van der Waals surface area contributed by atoms with Crippen molar-refractivity contribution < 1.29 is 0 Å². The summed E-state index contributed by atoms with van der Waals surface area (Å²) >= 11 is 7.94. The van der Waals surface area contributed by atoms with Crippen molar-refractivity contribution in [1.82, 2.24) is 0 Å². The molecule has 1 heterocycles. The van der Waals surface area contributed by atoms with Crippen LogP contribution in [0.2, 0.25) is 5.02 Å². The average Bonchev–Trinajstić information content (AvgIpc) is 3.19. The van der Waals surface area contributed by atoms with Crippen LogP contribution in [0, 0.1) is 20.8 Å². The Morgan fingerprint density at radius 3 is 1.28 bits per heavy atom. The maximum Gasteiger partial charge on any atom is 0.184 e. The van der Waals surface area contributed by atoms with E-state index in [0.717, 1.165) is 28.3 Å². The van der Waals surface area contributed by atoms with E-state index in [-0.39, 0.29) is 10.8 Å². The molecule has 0 spiro atoms. The van der Waals surface area contributed by atoms with Gasteiger partial charge in [-0.15, -0.1) is 0 Å². The Morgan fingerprint density at radius 2 is 0.877 bits per heavy atom. The first kappa shape index (κ1) is 38.5. The predicted octanol–water partition coefficient (Wildman–Crippen LogP) is 12.5. The predicted molar refractivity (Wildman–Crippen MR) is 250 cm³/mol. The molecule has 0 radical (unpaired) electrons. The highest BCUT2D eigenvalue weighted by atomic mass is 35.5. The van der Waals surface area contributed by atoms with E-state index in [4.69, 9.17) is 11.6 Å². The van der Waals surface area contributed by atoms with Crippen LogP contribution in [0.3, 0.4) is 0 Å². The molecule has 1 aliphatic rings. The van der Waals surface area contributed by atoms with Crippen LogP contribution >= 0.6 is 11.6 Å². The van der Waals surface area contributed by atoms with Gasteiger partial charge in [-0.05, 0) is 118 Å². The van der Waals surface area contributed by atoms with E-state index in [2.05, 4.69) is 230 Å². The van der Waals surface area contributed by atoms with Gasteiger partial charge in [0.05, 0.1) is 16.4 Å². The molecule has 0 unspecified atom stereocenters. The van der Waals surface area contributed by atoms with Gasteiger partial charge < -0.3 is 9.80 Å². The summed E-state index contributed by atoms with van der Waals surface area (Å²) in [5.74, 6) is 0. The third-order valence-electron chi connectivity index (χ3n) is 11.7. The lowest BCUT2D eigenvalue weighted by molar-refractivity contribution is 0.590. The average molecular weight is 782 g/mol. The Balaban J connectivity index is 1.41. The monoisotopic (exact) mass is 780 g/mol. The molecule has 0 amide bonds. The molecule has 0 aromatic heterocycles. The van der Waals surface area contributed by atoms with Crippen molar-refractivity contribution in [1.29, 1.82) is 0 Å². The van der Waals surface area contributed by atoms with Gasteiger partial charge in [0, 0.05) is 22.7 Å². The number of rotatable bonds is 6. The first-order valence-corrected chi connectivity index (χ1v) is 22.5. The summed E-state index contributed by atoms with van der Waals surface area (Å²) in [6, 6.07) is 59.0. The molecule has 1 aliphatic heterocycles. The van der Waals surface area contributed by atoms with Crippen LogP contribution in [0.15, 0.2) is 158 Å². The van der Waals surface area contributed by atoms with Crippen LogP contribution in [-0.2, 0) is 10.8 Å². The van der Waals surface area contributed by atoms with Crippen molar-refractivity contribution in [2.45, 2.75) is 73.1 Å². The number of nitrogens with zero attached hydrogens (tertiary/aromatic N) is 2. The van der Waals surface area contributed by atoms with Gasteiger partial charge in [-0.2, -0.15) is 0 Å². The van der Waals surface area contributed by atoms with E-state index in [9.17, 15) is 0 Å². The summed E-state index contributed by atoms with van der Waals surface area (Å²) in [7, 11) is -2.82. The van der Waals surface area contributed by atoms with Crippen LogP contribution in [0.25, 0.3) is 0 Å². The van der Waals surface area contributed by atoms with Crippen LogP contribution in [-0.4, -0.2) is 8.07 Å². The molecule has 0 N–H and O–H groups in total. The summed E-state index contributed by atoms with van der Waals surface area (Å²) in [4.78, 5) is 4.78. The molecule has 4 heteroatoms. The molecule has 0 atom stereocenters. The molecule has 8 rings (SSSR count). The molecular weight excluding hydrogens is 728 g/mol. The largest absolute Gasteiger partial charge is 0.309 e. The van der Waals surface area contributed by atoms with Gasteiger partial charge in [0.1, 0.15) is 0 Å². The first-order chi connectivity index (χ1) is 27.2. The highest BCUT2D eigenvalue weighted by Crippen LogP contribution is 2.49. The van der Waals surface area contributed by atoms with Gasteiger partial charge in [-0.3, -0.25) is 0 Å². The minimum atomic E-state index is -2.82. The topological polar surface area (TPSA) is 6.48 Å². The quantitative estimate of drug-likeness (QED) is 0.155. The fourth-order valence-electron chi connectivity index (χ4n) is 8.69. The van der Waals surface area contributed by atoms with Crippen molar-refractivity contribution in [3.8, 4) is 0 Å². The number of aryl methyl sites for hydroxylation is 3. The molecule has 0 fully saturated rings. The number of benzene rings is 7. The zero-order chi connectivity index (χ0) is 40.3. The van der Waals surface area contributed by atoms with Crippen LogP contribution in [0.1, 0.15) is 69.4 Å². The SMILES string of the molecule is Cc1cc(N(c2ccc(C(C)(C)C)cc2)c2ccc(C(C)(C)C)cc2)c(Cl)c(N2c3ccc(C)cc3[Si](c3ccccc3)(c3ccccc3)c3cc(C)ccc32)c1. The number of halogens is 1. The third-order valence-corrected chi connectivity index (χ3v) is 16.9. The summed E-state index contributed by atoms with van der Waals surface area (Å²) < 4.78 is 0. The van der Waals surface area contributed by atoms with Gasteiger partial charge in [0.25, 0.3) is 0 Å². The van der Waals surface area contributed by atoms with Crippen LogP contribution < -0.4 is 30.5 Å². The van der Waals surface area contributed by atoms with Gasteiger partial charge in [0.2, 0.25) is 0 Å². The Hall–Kier alpha value is -5.35. The van der Waals surface area contributed by atoms with Gasteiger partial charge in [-0.25, -0.2) is 0 Å². The highest BCUT2D eigenvalue weighted by Gasteiger charge is 2.49. The smallest absolute Gasteiger partial charge is 0.184 e. The third kappa shape index (κ3) is 6.81. The maximum atomic E-state index is 7.94. The Labute approximate surface area is 346 Å². The van der Waals surface area contributed by atoms with Crippen molar-refractivity contribution in [2.24, 2.45) is 0 Å². The standard InChI is InChI=1S/C53H53ClN2Si/c1-36-20-30-45-49(34-36)57(43-16-12-10-13-17-43,44-18-14-11-15-19-44)50-35-37(2)21-31-46(50)56(45)48-33-38(3)32-47(51(48)54)55(41-26-22-39(23-27-41)52(4,5)6)42-28-24-40(25-29-42)53(7,8)9/h10-35H,1-9H3. The lowest BCUT2D eigenvalue weighted by Crippen LogP contribution is -2.77. The van der Waals surface area contributed by atoms with Gasteiger partial charge in [0.15, 0.2) is 8.07 Å². The lowest BCUT2D eigenvalue weighted by Gasteiger charge is -2.45. The summed E-state index contributed by atoms with van der Waals surface area (Å²) in [5, 5.41) is 6.17. The fraction of sp³-hybridized carbons (Fsp3) is 0.208. The van der Waals surface area contributed by atoms with Gasteiger partial charge in [-0.1, -0.05) is 173 Å². The second-order valence-corrected chi connectivity index (χ2v) is 22.0. The lowest BCUT2D eigenvalue weighted by atomic mass is 9.86. The summed E-state index contributed by atoms with van der Waals surface area (Å²) in [6.07, 6.45) is 0. The molecular formula is C53H53ClN2Si. The van der Waals surface area contributed by atoms with E-state index in [1.807, 2.05) is 0 Å². The molecule has 0 saturated heterocycles. The Bertz CT molecular complexity index is 2410. The number of hydrogen-bond donors (Lipinski definition) is 0. The molecule has 7 aromatic rings. The second kappa shape index (κ2) is 14.5. The van der Waals surface area contributed by atoms with E-state index in [1.165, 1.54) is 54.4 Å². The van der Waals surface area contributed by atoms with E-state index >= 15 is 0 Å². The highest BCUT2D eigenvalue weighted by molar-refractivity contribution is 7.21. The molecule has 2 nitrogen and oxygen atoms in total. The second-order valence-electron chi connectivity index (χ2n) is 17.9. The molecule has 7 aromatic carbocycles. The normalized spacial score (nSPS) is 13.5. The first-order valence-electron chi connectivity index (χ1n) is 20.1.